The van der Waals surface area contributed by atoms with Gasteiger partial charge in [0.2, 0.25) is 15.9 Å². The summed E-state index contributed by atoms with van der Waals surface area (Å²) in [6, 6.07) is 9.74. The van der Waals surface area contributed by atoms with Gasteiger partial charge in [0.1, 0.15) is 0 Å². The van der Waals surface area contributed by atoms with E-state index in [2.05, 4.69) is 10.3 Å². The molecule has 1 heterocycles. The van der Waals surface area contributed by atoms with Crippen LogP contribution in [0.25, 0.3) is 0 Å². The molecule has 8 heteroatoms. The van der Waals surface area contributed by atoms with Crippen LogP contribution in [0.5, 0.6) is 0 Å². The van der Waals surface area contributed by atoms with E-state index in [0.717, 1.165) is 5.69 Å². The summed E-state index contributed by atoms with van der Waals surface area (Å²) in [5.74, 6) is -0.278. The smallest absolute Gasteiger partial charge is 0.242 e. The lowest BCUT2D eigenvalue weighted by atomic mass is 10.3. The zero-order chi connectivity index (χ0) is 17.7. The minimum Gasteiger partial charge on any atom is -0.325 e. The lowest BCUT2D eigenvalue weighted by Crippen LogP contribution is -2.29. The van der Waals surface area contributed by atoms with Gasteiger partial charge in [-0.1, -0.05) is 17.7 Å². The Balaban J connectivity index is 2.14. The van der Waals surface area contributed by atoms with E-state index in [4.69, 9.17) is 11.6 Å². The van der Waals surface area contributed by atoms with Gasteiger partial charge in [-0.3, -0.25) is 9.78 Å². The zero-order valence-corrected chi connectivity index (χ0v) is 14.9. The molecule has 6 nitrogen and oxygen atoms in total. The monoisotopic (exact) mass is 367 g/mol. The highest BCUT2D eigenvalue weighted by Gasteiger charge is 2.21. The molecule has 1 amide bonds. The Morgan fingerprint density at radius 2 is 2.04 bits per heavy atom. The Hall–Kier alpha value is -1.96. The first kappa shape index (κ1) is 18.4. The maximum Gasteiger partial charge on any atom is 0.242 e. The highest BCUT2D eigenvalue weighted by molar-refractivity contribution is 7.89. The van der Waals surface area contributed by atoms with E-state index < -0.39 is 10.0 Å². The molecule has 2 rings (SSSR count). The standard InChI is InChI=1S/C16H18ClN3O3S/c1-12(21)19-16-7-6-14(11-15(16)17)24(22,23)20(2)10-8-13-5-3-4-9-18-13/h3-7,9,11H,8,10H2,1-2H3,(H,19,21). The van der Waals surface area contributed by atoms with E-state index in [9.17, 15) is 13.2 Å². The summed E-state index contributed by atoms with van der Waals surface area (Å²) < 4.78 is 26.5. The second kappa shape index (κ2) is 7.74. The maximum absolute atomic E-state index is 12.6. The molecule has 1 N–H and O–H groups in total. The van der Waals surface area contributed by atoms with Gasteiger partial charge in [0.15, 0.2) is 0 Å². The molecule has 0 radical (unpaired) electrons. The van der Waals surface area contributed by atoms with Gasteiger partial charge < -0.3 is 5.32 Å². The van der Waals surface area contributed by atoms with Crippen molar-refractivity contribution in [2.24, 2.45) is 0 Å². The fraction of sp³-hybridized carbons (Fsp3) is 0.250. The minimum absolute atomic E-state index is 0.0742. The largest absolute Gasteiger partial charge is 0.325 e. The first-order valence-electron chi connectivity index (χ1n) is 7.24. The summed E-state index contributed by atoms with van der Waals surface area (Å²) in [5, 5.41) is 2.71. The van der Waals surface area contributed by atoms with Crippen LogP contribution in [0.4, 0.5) is 5.69 Å². The Bertz CT molecular complexity index is 826. The molecule has 1 aromatic heterocycles. The van der Waals surface area contributed by atoms with Gasteiger partial charge in [-0.2, -0.15) is 0 Å². The summed E-state index contributed by atoms with van der Waals surface area (Å²) in [7, 11) is -2.16. The Labute approximate surface area is 146 Å². The number of likely N-dealkylation sites (N-methyl/N-ethyl adjacent to an activating group) is 1. The van der Waals surface area contributed by atoms with Crippen LogP contribution in [0, 0.1) is 0 Å². The number of nitrogens with one attached hydrogen (secondary N) is 1. The molecule has 0 saturated carbocycles. The molecule has 0 saturated heterocycles. The quantitative estimate of drug-likeness (QED) is 0.850. The number of pyridine rings is 1. The van der Waals surface area contributed by atoms with Crippen molar-refractivity contribution in [3.05, 3.63) is 53.3 Å². The number of benzene rings is 1. The topological polar surface area (TPSA) is 79.4 Å². The van der Waals surface area contributed by atoms with Crippen LogP contribution in [0.1, 0.15) is 12.6 Å². The molecule has 0 bridgehead atoms. The molecule has 0 fully saturated rings. The Morgan fingerprint density at radius 3 is 2.62 bits per heavy atom. The molecule has 0 aliphatic rings. The first-order chi connectivity index (χ1) is 11.3. The zero-order valence-electron chi connectivity index (χ0n) is 13.4. The summed E-state index contributed by atoms with van der Waals surface area (Å²) in [5.41, 5.74) is 1.19. The van der Waals surface area contributed by atoms with Crippen molar-refractivity contribution in [1.29, 1.82) is 0 Å². The Kier molecular flexibility index (Phi) is 5.93. The number of aromatic nitrogens is 1. The molecule has 0 atom stereocenters. The number of hydrogen-bond acceptors (Lipinski definition) is 4. The predicted octanol–water partition coefficient (Wildman–Crippen LogP) is 2.56. The van der Waals surface area contributed by atoms with E-state index in [1.165, 1.54) is 36.5 Å². The molecular weight excluding hydrogens is 350 g/mol. The van der Waals surface area contributed by atoms with Crippen LogP contribution in [0.2, 0.25) is 5.02 Å². The van der Waals surface area contributed by atoms with Gasteiger partial charge in [0.05, 0.1) is 15.6 Å². The number of carbonyl (C=O) groups is 1. The van der Waals surface area contributed by atoms with Crippen LogP contribution >= 0.6 is 11.6 Å². The van der Waals surface area contributed by atoms with E-state index in [-0.39, 0.29) is 15.8 Å². The molecule has 1 aromatic carbocycles. The second-order valence-electron chi connectivity index (χ2n) is 5.22. The molecule has 128 valence electrons. The Morgan fingerprint density at radius 1 is 1.29 bits per heavy atom. The van der Waals surface area contributed by atoms with Gasteiger partial charge in [-0.25, -0.2) is 12.7 Å². The van der Waals surface area contributed by atoms with Crippen LogP contribution in [0.15, 0.2) is 47.5 Å². The lowest BCUT2D eigenvalue weighted by Gasteiger charge is -2.17. The van der Waals surface area contributed by atoms with Crippen molar-refractivity contribution in [1.82, 2.24) is 9.29 Å². The van der Waals surface area contributed by atoms with Crippen LogP contribution in [-0.2, 0) is 21.2 Å². The number of carbonyl (C=O) groups excluding carboxylic acids is 1. The average Bonchev–Trinajstić information content (AvgIpc) is 2.55. The normalized spacial score (nSPS) is 11.5. The van der Waals surface area contributed by atoms with E-state index in [0.29, 0.717) is 18.7 Å². The highest BCUT2D eigenvalue weighted by atomic mass is 35.5. The van der Waals surface area contributed by atoms with Gasteiger partial charge >= 0.3 is 0 Å². The summed E-state index contributed by atoms with van der Waals surface area (Å²) in [6.07, 6.45) is 2.18. The van der Waals surface area contributed by atoms with Crippen LogP contribution in [-0.4, -0.2) is 37.2 Å². The molecule has 0 unspecified atom stereocenters. The van der Waals surface area contributed by atoms with Gasteiger partial charge in [-0.05, 0) is 30.3 Å². The first-order valence-corrected chi connectivity index (χ1v) is 9.06. The number of anilines is 1. The average molecular weight is 368 g/mol. The number of nitrogens with zero attached hydrogens (tertiary/aromatic N) is 2. The number of sulfonamides is 1. The minimum atomic E-state index is -3.67. The number of hydrogen-bond donors (Lipinski definition) is 1. The van der Waals surface area contributed by atoms with E-state index in [1.807, 2.05) is 18.2 Å². The van der Waals surface area contributed by atoms with E-state index >= 15 is 0 Å². The van der Waals surface area contributed by atoms with Crippen molar-refractivity contribution in [2.45, 2.75) is 18.2 Å². The van der Waals surface area contributed by atoms with Crippen LogP contribution < -0.4 is 5.32 Å². The number of rotatable bonds is 6. The summed E-state index contributed by atoms with van der Waals surface area (Å²) in [4.78, 5) is 15.3. The maximum atomic E-state index is 12.6. The van der Waals surface area contributed by atoms with Gasteiger partial charge in [0.25, 0.3) is 0 Å². The molecule has 0 aliphatic carbocycles. The highest BCUT2D eigenvalue weighted by Crippen LogP contribution is 2.26. The third-order valence-electron chi connectivity index (χ3n) is 3.37. The summed E-state index contributed by atoms with van der Waals surface area (Å²) in [6.45, 7) is 1.65. The van der Waals surface area contributed by atoms with Gasteiger partial charge in [-0.15, -0.1) is 0 Å². The van der Waals surface area contributed by atoms with Crippen molar-refractivity contribution in [3.63, 3.8) is 0 Å². The second-order valence-corrected chi connectivity index (χ2v) is 7.67. The summed E-state index contributed by atoms with van der Waals surface area (Å²) >= 11 is 6.05. The molecule has 0 aliphatic heterocycles. The molecule has 2 aromatic rings. The fourth-order valence-electron chi connectivity index (χ4n) is 2.07. The third-order valence-corrected chi connectivity index (χ3v) is 5.53. The fourth-order valence-corrected chi connectivity index (χ4v) is 3.56. The molecular formula is C16H18ClN3O3S. The van der Waals surface area contributed by atoms with Gasteiger partial charge in [0, 0.05) is 38.8 Å². The van der Waals surface area contributed by atoms with Crippen molar-refractivity contribution < 1.29 is 13.2 Å². The number of amides is 1. The van der Waals surface area contributed by atoms with Crippen molar-refractivity contribution in [2.75, 3.05) is 18.9 Å². The van der Waals surface area contributed by atoms with E-state index in [1.54, 1.807) is 6.20 Å². The van der Waals surface area contributed by atoms with Crippen molar-refractivity contribution >= 4 is 33.2 Å². The molecule has 24 heavy (non-hydrogen) atoms. The SMILES string of the molecule is CC(=O)Nc1ccc(S(=O)(=O)N(C)CCc2ccccn2)cc1Cl. The predicted molar refractivity (Wildman–Crippen MR) is 93.5 cm³/mol. The number of halogens is 1. The van der Waals surface area contributed by atoms with Crippen molar-refractivity contribution in [3.8, 4) is 0 Å². The lowest BCUT2D eigenvalue weighted by molar-refractivity contribution is -0.114. The third kappa shape index (κ3) is 4.53. The van der Waals surface area contributed by atoms with Crippen LogP contribution in [0.3, 0.4) is 0 Å². The molecule has 0 spiro atoms.